The molecule has 28 heavy (non-hydrogen) atoms. The number of nitrogens with zero attached hydrogens (tertiary/aromatic N) is 2. The number of rotatable bonds is 3. The number of hydrogen-bond acceptors (Lipinski definition) is 5. The Labute approximate surface area is 156 Å². The van der Waals surface area contributed by atoms with Crippen LogP contribution in [0.25, 0.3) is 11.1 Å². The maximum Gasteiger partial charge on any atom is 0.393 e. The number of halogens is 3. The van der Waals surface area contributed by atoms with Gasteiger partial charge in [-0.05, 0) is 29.7 Å². The van der Waals surface area contributed by atoms with Crippen molar-refractivity contribution in [3.63, 3.8) is 0 Å². The normalized spacial score (nSPS) is 13.9. The Kier molecular flexibility index (Phi) is 4.25. The zero-order valence-electron chi connectivity index (χ0n) is 14.3. The zero-order valence-corrected chi connectivity index (χ0v) is 14.3. The summed E-state index contributed by atoms with van der Waals surface area (Å²) in [6.45, 7) is 0. The number of nitrogens with one attached hydrogen (secondary N) is 2. The molecular formula is C18H13F3N4O3. The molecule has 2 amide bonds. The van der Waals surface area contributed by atoms with Crippen LogP contribution in [0.2, 0.25) is 0 Å². The number of oxazole rings is 1. The van der Waals surface area contributed by atoms with Crippen LogP contribution in [-0.2, 0) is 17.6 Å². The summed E-state index contributed by atoms with van der Waals surface area (Å²) in [5.41, 5.74) is 1.76. The molecule has 0 saturated heterocycles. The van der Waals surface area contributed by atoms with E-state index in [4.69, 9.17) is 4.42 Å². The van der Waals surface area contributed by atoms with Gasteiger partial charge in [-0.1, -0.05) is 0 Å². The number of hydrogen-bond donors (Lipinski definition) is 2. The summed E-state index contributed by atoms with van der Waals surface area (Å²) in [6.07, 6.45) is -1.57. The molecule has 3 aromatic rings. The van der Waals surface area contributed by atoms with Crippen molar-refractivity contribution in [1.29, 1.82) is 0 Å². The number of fused-ring (bicyclic) bond motifs is 3. The highest BCUT2D eigenvalue weighted by Gasteiger charge is 2.30. The van der Waals surface area contributed by atoms with E-state index in [-0.39, 0.29) is 34.7 Å². The summed E-state index contributed by atoms with van der Waals surface area (Å²) in [5.74, 6) is -0.874. The Bertz CT molecular complexity index is 1090. The number of carbonyl (C=O) groups is 2. The average Bonchev–Trinajstić information content (AvgIpc) is 3.12. The SMILES string of the molecule is O=C1CCc2cc(NC(=O)c3ccncc3CC(F)(F)F)c3ocnc3c2N1. The lowest BCUT2D eigenvalue weighted by atomic mass is 10.0. The van der Waals surface area contributed by atoms with Crippen LogP contribution in [0.1, 0.15) is 27.9 Å². The van der Waals surface area contributed by atoms with Gasteiger partial charge in [0, 0.05) is 24.4 Å². The number of benzene rings is 1. The summed E-state index contributed by atoms with van der Waals surface area (Å²) in [6, 6.07) is 2.86. The Morgan fingerprint density at radius 2 is 2.14 bits per heavy atom. The zero-order chi connectivity index (χ0) is 19.9. The van der Waals surface area contributed by atoms with Gasteiger partial charge in [0.05, 0.1) is 17.8 Å². The molecule has 1 aromatic carbocycles. The van der Waals surface area contributed by atoms with Gasteiger partial charge in [-0.3, -0.25) is 14.6 Å². The van der Waals surface area contributed by atoms with Crippen LogP contribution in [0.5, 0.6) is 0 Å². The number of aromatic nitrogens is 2. The van der Waals surface area contributed by atoms with Gasteiger partial charge < -0.3 is 15.1 Å². The molecule has 0 aliphatic carbocycles. The molecule has 7 nitrogen and oxygen atoms in total. The predicted octanol–water partition coefficient (Wildman–Crippen LogP) is 3.46. The van der Waals surface area contributed by atoms with Crippen molar-refractivity contribution in [1.82, 2.24) is 9.97 Å². The summed E-state index contributed by atoms with van der Waals surface area (Å²) in [7, 11) is 0. The van der Waals surface area contributed by atoms with Crippen LogP contribution in [-0.4, -0.2) is 28.0 Å². The van der Waals surface area contributed by atoms with Gasteiger partial charge in [0.2, 0.25) is 5.91 Å². The van der Waals surface area contributed by atoms with Crippen LogP contribution in [0, 0.1) is 0 Å². The van der Waals surface area contributed by atoms with E-state index in [1.54, 1.807) is 6.07 Å². The average molecular weight is 390 g/mol. The van der Waals surface area contributed by atoms with Gasteiger partial charge in [0.1, 0.15) is 5.52 Å². The Balaban J connectivity index is 1.70. The lowest BCUT2D eigenvalue weighted by Crippen LogP contribution is -2.21. The second kappa shape index (κ2) is 6.63. The minimum absolute atomic E-state index is 0.133. The van der Waals surface area contributed by atoms with Crippen molar-refractivity contribution in [3.8, 4) is 0 Å². The van der Waals surface area contributed by atoms with Crippen molar-refractivity contribution in [3.05, 3.63) is 47.6 Å². The van der Waals surface area contributed by atoms with Gasteiger partial charge >= 0.3 is 6.18 Å². The van der Waals surface area contributed by atoms with Crippen molar-refractivity contribution in [2.45, 2.75) is 25.4 Å². The quantitative estimate of drug-likeness (QED) is 0.714. The van der Waals surface area contributed by atoms with E-state index in [1.165, 1.54) is 18.7 Å². The molecule has 3 heterocycles. The molecule has 2 aromatic heterocycles. The minimum atomic E-state index is -4.47. The number of alkyl halides is 3. The second-order valence-electron chi connectivity index (χ2n) is 6.32. The molecule has 0 unspecified atom stereocenters. The summed E-state index contributed by atoms with van der Waals surface area (Å²) in [4.78, 5) is 32.1. The number of carbonyl (C=O) groups excluding carboxylic acids is 2. The highest BCUT2D eigenvalue weighted by Crippen LogP contribution is 2.36. The van der Waals surface area contributed by atoms with Crippen LogP contribution in [0.4, 0.5) is 24.5 Å². The van der Waals surface area contributed by atoms with E-state index < -0.39 is 18.5 Å². The summed E-state index contributed by atoms with van der Waals surface area (Å²) >= 11 is 0. The number of anilines is 2. The Hall–Kier alpha value is -3.43. The monoisotopic (exact) mass is 390 g/mol. The molecule has 10 heteroatoms. The van der Waals surface area contributed by atoms with E-state index in [0.29, 0.717) is 17.6 Å². The molecule has 144 valence electrons. The Morgan fingerprint density at radius 1 is 1.32 bits per heavy atom. The molecule has 1 aliphatic rings. The first kappa shape index (κ1) is 18.0. The molecule has 0 spiro atoms. The lowest BCUT2D eigenvalue weighted by molar-refractivity contribution is -0.127. The lowest BCUT2D eigenvalue weighted by Gasteiger charge is -2.18. The van der Waals surface area contributed by atoms with Crippen LogP contribution < -0.4 is 10.6 Å². The van der Waals surface area contributed by atoms with Crippen LogP contribution >= 0.6 is 0 Å². The van der Waals surface area contributed by atoms with E-state index in [1.807, 2.05) is 0 Å². The van der Waals surface area contributed by atoms with Gasteiger partial charge in [-0.15, -0.1) is 0 Å². The third-order valence-corrected chi connectivity index (χ3v) is 4.36. The molecule has 0 atom stereocenters. The summed E-state index contributed by atoms with van der Waals surface area (Å²) < 4.78 is 43.7. The second-order valence-corrected chi connectivity index (χ2v) is 6.32. The molecule has 0 fully saturated rings. The van der Waals surface area contributed by atoms with E-state index in [9.17, 15) is 22.8 Å². The smallest absolute Gasteiger partial charge is 0.393 e. The van der Waals surface area contributed by atoms with E-state index in [2.05, 4.69) is 20.6 Å². The molecule has 2 N–H and O–H groups in total. The molecular weight excluding hydrogens is 377 g/mol. The number of amides is 2. The molecule has 4 rings (SSSR count). The third-order valence-electron chi connectivity index (χ3n) is 4.36. The van der Waals surface area contributed by atoms with Crippen LogP contribution in [0.15, 0.2) is 35.3 Å². The fourth-order valence-electron chi connectivity index (χ4n) is 3.15. The minimum Gasteiger partial charge on any atom is -0.441 e. The maximum absolute atomic E-state index is 12.8. The number of pyridine rings is 1. The van der Waals surface area contributed by atoms with Crippen molar-refractivity contribution < 1.29 is 27.2 Å². The first-order valence-electron chi connectivity index (χ1n) is 8.32. The van der Waals surface area contributed by atoms with Crippen molar-refractivity contribution >= 4 is 34.3 Å². The van der Waals surface area contributed by atoms with Gasteiger partial charge in [-0.2, -0.15) is 13.2 Å². The fourth-order valence-corrected chi connectivity index (χ4v) is 3.15. The van der Waals surface area contributed by atoms with E-state index >= 15 is 0 Å². The molecule has 0 bridgehead atoms. The Morgan fingerprint density at radius 3 is 2.93 bits per heavy atom. The standard InChI is InChI=1S/C18H13F3N4O3/c19-18(20,21)6-10-7-22-4-3-11(10)17(27)24-12-5-9-1-2-13(26)25-14(9)15-16(12)28-8-23-15/h3-5,7-8H,1-2,6H2,(H,24,27)(H,25,26). The third kappa shape index (κ3) is 3.40. The van der Waals surface area contributed by atoms with E-state index in [0.717, 1.165) is 11.8 Å². The maximum atomic E-state index is 12.8. The molecule has 0 saturated carbocycles. The van der Waals surface area contributed by atoms with Crippen molar-refractivity contribution in [2.24, 2.45) is 0 Å². The molecule has 1 aliphatic heterocycles. The first-order chi connectivity index (χ1) is 13.3. The van der Waals surface area contributed by atoms with Gasteiger partial charge in [0.25, 0.3) is 5.91 Å². The number of aryl methyl sites for hydroxylation is 1. The molecule has 0 radical (unpaired) electrons. The van der Waals surface area contributed by atoms with Crippen LogP contribution in [0.3, 0.4) is 0 Å². The predicted molar refractivity (Wildman–Crippen MR) is 92.9 cm³/mol. The topological polar surface area (TPSA) is 97.1 Å². The highest BCUT2D eigenvalue weighted by molar-refractivity contribution is 6.11. The fraction of sp³-hybridized carbons (Fsp3) is 0.222. The summed E-state index contributed by atoms with van der Waals surface area (Å²) in [5, 5.41) is 5.32. The van der Waals surface area contributed by atoms with Gasteiger partial charge in [-0.25, -0.2) is 4.98 Å². The van der Waals surface area contributed by atoms with Gasteiger partial charge in [0.15, 0.2) is 12.0 Å². The van der Waals surface area contributed by atoms with Crippen molar-refractivity contribution in [2.75, 3.05) is 10.6 Å². The highest BCUT2D eigenvalue weighted by atomic mass is 19.4. The first-order valence-corrected chi connectivity index (χ1v) is 8.32. The largest absolute Gasteiger partial charge is 0.441 e.